The van der Waals surface area contributed by atoms with Crippen molar-refractivity contribution < 1.29 is 39.4 Å². The third-order valence-electron chi connectivity index (χ3n) is 0. The molecule has 0 aromatic carbocycles. The Kier molecular flexibility index (Phi) is 136. The molecule has 0 rings (SSSR count). The van der Waals surface area contributed by atoms with Crippen LogP contribution in [0.4, 0.5) is 0 Å². The van der Waals surface area contributed by atoms with Gasteiger partial charge < -0.3 is 0 Å². The van der Waals surface area contributed by atoms with Crippen LogP contribution in [0, 0.1) is 0 Å². The van der Waals surface area contributed by atoms with E-state index in [4.69, 9.17) is 0 Å². The molecular formula is H4AgCuSeTe. The second kappa shape index (κ2) is 17.6. The molecule has 4 heavy (non-hydrogen) atoms. The van der Waals surface area contributed by atoms with E-state index in [0.29, 0.717) is 0 Å². The number of hydrogen-bond donors (Lipinski definition) is 0. The van der Waals surface area contributed by atoms with E-state index in [-0.39, 0.29) is 80.2 Å². The van der Waals surface area contributed by atoms with Gasteiger partial charge >= 0.3 is 40.7 Å². The van der Waals surface area contributed by atoms with Gasteiger partial charge in [0.1, 0.15) is 0 Å². The van der Waals surface area contributed by atoms with Crippen molar-refractivity contribution in [2.45, 2.75) is 0 Å². The van der Waals surface area contributed by atoms with Gasteiger partial charge in [-0.15, -0.1) is 0 Å². The van der Waals surface area contributed by atoms with E-state index in [1.807, 2.05) is 0 Å². The van der Waals surface area contributed by atoms with Crippen molar-refractivity contribution in [3.8, 4) is 0 Å². The van der Waals surface area contributed by atoms with E-state index in [9.17, 15) is 0 Å². The van der Waals surface area contributed by atoms with Crippen LogP contribution in [0.25, 0.3) is 0 Å². The Morgan fingerprint density at radius 3 is 1.00 bits per heavy atom. The standard InChI is InChI=1S/Ag.Cu.H2Se.H2Te/h;;2*1H2. The third kappa shape index (κ3) is 8.82. The van der Waals surface area contributed by atoms with Gasteiger partial charge in [-0.2, -0.15) is 0 Å². The monoisotopic (exact) mass is 384 g/mol. The van der Waals surface area contributed by atoms with E-state index in [2.05, 4.69) is 0 Å². The van der Waals surface area contributed by atoms with Gasteiger partial charge in [-0.25, -0.2) is 0 Å². The first-order valence-electron chi connectivity index (χ1n) is 0. The molecule has 0 bridgehead atoms. The Balaban J connectivity index is 0. The van der Waals surface area contributed by atoms with E-state index in [1.165, 1.54) is 0 Å². The molecule has 38 valence electrons. The van der Waals surface area contributed by atoms with Crippen molar-refractivity contribution in [1.29, 1.82) is 0 Å². The second-order valence-corrected chi connectivity index (χ2v) is 0. The maximum absolute atomic E-state index is 0. The fourth-order valence-electron chi connectivity index (χ4n) is 0. The van der Waals surface area contributed by atoms with E-state index >= 15 is 0 Å². The van der Waals surface area contributed by atoms with Gasteiger partial charge in [0.05, 0.1) is 0 Å². The molecule has 0 unspecified atom stereocenters. The summed E-state index contributed by atoms with van der Waals surface area (Å²) in [5, 5.41) is 0. The van der Waals surface area contributed by atoms with Crippen molar-refractivity contribution in [3.05, 3.63) is 0 Å². The molecular weight excluding hydrogens is 378 g/mol. The van der Waals surface area contributed by atoms with Crippen LogP contribution in [-0.4, -0.2) is 40.7 Å². The summed E-state index contributed by atoms with van der Waals surface area (Å²) in [5.74, 6) is 0. The van der Waals surface area contributed by atoms with Crippen LogP contribution in [0.2, 0.25) is 0 Å². The SMILES string of the molecule is [Ag].[Cu].[SeH2].[TeH2]. The van der Waals surface area contributed by atoms with Crippen molar-refractivity contribution >= 4 is 40.7 Å². The predicted octanol–water partition coefficient (Wildman–Crippen LogP) is -1.84. The minimum absolute atomic E-state index is 0. The van der Waals surface area contributed by atoms with Gasteiger partial charge in [0.2, 0.25) is 0 Å². The van der Waals surface area contributed by atoms with E-state index < -0.39 is 0 Å². The fourth-order valence-corrected chi connectivity index (χ4v) is 0. The first-order valence-corrected chi connectivity index (χ1v) is 0. The first kappa shape index (κ1) is 30.9. The third-order valence-corrected chi connectivity index (χ3v) is 0. The summed E-state index contributed by atoms with van der Waals surface area (Å²) in [5.41, 5.74) is 0. The van der Waals surface area contributed by atoms with E-state index in [1.54, 1.807) is 0 Å². The minimum atomic E-state index is 0. The van der Waals surface area contributed by atoms with Gasteiger partial charge in [0.25, 0.3) is 0 Å². The van der Waals surface area contributed by atoms with Crippen LogP contribution in [0.15, 0.2) is 0 Å². The molecule has 0 amide bonds. The Bertz CT molecular complexity index is 8.00. The zero-order valence-corrected chi connectivity index (χ0v) is 8.98. The summed E-state index contributed by atoms with van der Waals surface area (Å²) in [6.07, 6.45) is 0. The molecule has 0 aromatic heterocycles. The number of rotatable bonds is 0. The summed E-state index contributed by atoms with van der Waals surface area (Å²) in [6, 6.07) is 0. The Labute approximate surface area is 79.0 Å². The maximum atomic E-state index is 0. The summed E-state index contributed by atoms with van der Waals surface area (Å²) < 4.78 is 0. The molecule has 0 fully saturated rings. The zero-order chi connectivity index (χ0) is 0. The van der Waals surface area contributed by atoms with Gasteiger partial charge in [-0.3, -0.25) is 0 Å². The van der Waals surface area contributed by atoms with Gasteiger partial charge in [0.15, 0.2) is 0 Å². The average Bonchev–Trinajstić information content (AvgIpc) is 0. The Hall–Kier alpha value is 2.57. The average molecular weight is 382 g/mol. The summed E-state index contributed by atoms with van der Waals surface area (Å²) in [6.45, 7) is 0. The molecule has 0 saturated heterocycles. The summed E-state index contributed by atoms with van der Waals surface area (Å²) in [7, 11) is 0. The van der Waals surface area contributed by atoms with Crippen LogP contribution in [0.3, 0.4) is 0 Å². The molecule has 0 spiro atoms. The van der Waals surface area contributed by atoms with Crippen molar-refractivity contribution in [3.63, 3.8) is 0 Å². The summed E-state index contributed by atoms with van der Waals surface area (Å²) in [4.78, 5) is 0. The molecule has 0 aromatic rings. The van der Waals surface area contributed by atoms with Crippen LogP contribution < -0.4 is 0 Å². The van der Waals surface area contributed by atoms with E-state index in [0.717, 1.165) is 0 Å². The molecule has 4 heteroatoms. The molecule has 0 heterocycles. The Morgan fingerprint density at radius 2 is 1.00 bits per heavy atom. The molecule has 0 nitrogen and oxygen atoms in total. The predicted molar refractivity (Wildman–Crippen MR) is 17.1 cm³/mol. The quantitative estimate of drug-likeness (QED) is 0.433. The van der Waals surface area contributed by atoms with Crippen molar-refractivity contribution in [1.82, 2.24) is 0 Å². The molecule has 0 N–H and O–H groups in total. The van der Waals surface area contributed by atoms with Gasteiger partial charge in [-0.1, -0.05) is 0 Å². The first-order chi connectivity index (χ1) is 0. The van der Waals surface area contributed by atoms with Crippen LogP contribution >= 0.6 is 0 Å². The molecule has 0 saturated carbocycles. The fraction of sp³-hybridized carbons (Fsp3) is 0. The van der Waals surface area contributed by atoms with Gasteiger partial charge in [0, 0.05) is 39.4 Å². The normalized spacial score (nSPS) is 0. The van der Waals surface area contributed by atoms with Gasteiger partial charge in [-0.05, 0) is 0 Å². The molecule has 2 radical (unpaired) electrons. The molecule has 0 aliphatic heterocycles. The van der Waals surface area contributed by atoms with Crippen LogP contribution in [0.5, 0.6) is 0 Å². The zero-order valence-electron chi connectivity index (χ0n) is 1.60. The van der Waals surface area contributed by atoms with Crippen molar-refractivity contribution in [2.24, 2.45) is 0 Å². The Morgan fingerprint density at radius 1 is 1.00 bits per heavy atom. The van der Waals surface area contributed by atoms with Crippen LogP contribution in [-0.2, 0) is 39.4 Å². The topological polar surface area (TPSA) is 0 Å². The van der Waals surface area contributed by atoms with Crippen LogP contribution in [0.1, 0.15) is 0 Å². The molecule has 0 aliphatic rings. The summed E-state index contributed by atoms with van der Waals surface area (Å²) >= 11 is 0. The second-order valence-electron chi connectivity index (χ2n) is 0. The van der Waals surface area contributed by atoms with Crippen molar-refractivity contribution in [2.75, 3.05) is 0 Å². The molecule has 0 aliphatic carbocycles. The number of hydrogen-bond acceptors (Lipinski definition) is 0. The molecule has 0 atom stereocenters.